The molecule has 2 atom stereocenters. The monoisotopic (exact) mass is 220 g/mol. The molecular weight excluding hydrogens is 200 g/mol. The second-order valence-corrected chi connectivity index (χ2v) is 4.65. The maximum absolute atomic E-state index is 5.67. The maximum atomic E-state index is 5.67. The van der Waals surface area contributed by atoms with Crippen LogP contribution in [0.25, 0.3) is 0 Å². The van der Waals surface area contributed by atoms with E-state index in [2.05, 4.69) is 29.1 Å². The van der Waals surface area contributed by atoms with Gasteiger partial charge in [0.2, 0.25) is 0 Å². The lowest BCUT2D eigenvalue weighted by Gasteiger charge is -2.21. The van der Waals surface area contributed by atoms with Crippen LogP contribution in [0.4, 0.5) is 5.82 Å². The van der Waals surface area contributed by atoms with Crippen molar-refractivity contribution in [1.29, 1.82) is 0 Å². The van der Waals surface area contributed by atoms with Gasteiger partial charge in [0.05, 0.1) is 0 Å². The van der Waals surface area contributed by atoms with E-state index in [4.69, 9.17) is 5.73 Å². The third-order valence-corrected chi connectivity index (χ3v) is 3.46. The number of rotatable bonds is 4. The van der Waals surface area contributed by atoms with E-state index in [-0.39, 0.29) is 0 Å². The van der Waals surface area contributed by atoms with Gasteiger partial charge in [-0.3, -0.25) is 0 Å². The van der Waals surface area contributed by atoms with Crippen molar-refractivity contribution in [3.63, 3.8) is 0 Å². The minimum absolute atomic E-state index is 0.351. The van der Waals surface area contributed by atoms with E-state index in [1.165, 1.54) is 17.7 Å². The van der Waals surface area contributed by atoms with Crippen LogP contribution < -0.4 is 11.1 Å². The van der Waals surface area contributed by atoms with Gasteiger partial charge in [-0.15, -0.1) is 0 Å². The molecule has 0 spiro atoms. The highest BCUT2D eigenvalue weighted by Crippen LogP contribution is 2.25. The Kier molecular flexibility index (Phi) is 3.39. The number of nitrogens with two attached hydrogens (primary N) is 1. The standard InChI is InChI=1S/C12H20N4/c1-8(6-13)9(2)16-12-10-4-3-5-11(10)14-7-15-12/h7-9H,3-6,13H2,1-2H3,(H,14,15,16). The lowest BCUT2D eigenvalue weighted by molar-refractivity contribution is 0.519. The number of aryl methyl sites for hydroxylation is 1. The Bertz CT molecular complexity index is 364. The fourth-order valence-electron chi connectivity index (χ4n) is 2.05. The number of nitrogens with one attached hydrogen (secondary N) is 1. The summed E-state index contributed by atoms with van der Waals surface area (Å²) in [5.74, 6) is 1.46. The van der Waals surface area contributed by atoms with Gasteiger partial charge in [0, 0.05) is 17.3 Å². The molecule has 4 nitrogen and oxygen atoms in total. The van der Waals surface area contributed by atoms with E-state index in [9.17, 15) is 0 Å². The molecule has 0 amide bonds. The van der Waals surface area contributed by atoms with E-state index >= 15 is 0 Å². The Morgan fingerprint density at radius 2 is 2.19 bits per heavy atom. The van der Waals surface area contributed by atoms with E-state index in [0.717, 1.165) is 18.7 Å². The molecule has 4 heteroatoms. The third-order valence-electron chi connectivity index (χ3n) is 3.46. The molecule has 1 aliphatic carbocycles. The van der Waals surface area contributed by atoms with Crippen molar-refractivity contribution in [3.8, 4) is 0 Å². The average Bonchev–Trinajstić information content (AvgIpc) is 2.77. The Hall–Kier alpha value is -1.16. The van der Waals surface area contributed by atoms with Crippen LogP contribution in [0.5, 0.6) is 0 Å². The molecule has 0 aromatic carbocycles. The van der Waals surface area contributed by atoms with Gasteiger partial charge in [-0.05, 0) is 38.6 Å². The first-order valence-corrected chi connectivity index (χ1v) is 6.01. The molecule has 88 valence electrons. The van der Waals surface area contributed by atoms with E-state index in [1.807, 2.05) is 0 Å². The molecule has 1 aromatic rings. The lowest BCUT2D eigenvalue weighted by Crippen LogP contribution is -2.30. The largest absolute Gasteiger partial charge is 0.367 e. The molecular formula is C12H20N4. The molecule has 0 saturated heterocycles. The molecule has 0 radical (unpaired) electrons. The highest BCUT2D eigenvalue weighted by molar-refractivity contribution is 5.48. The van der Waals surface area contributed by atoms with Gasteiger partial charge in [-0.1, -0.05) is 6.92 Å². The number of anilines is 1. The molecule has 1 aromatic heterocycles. The van der Waals surface area contributed by atoms with E-state index in [0.29, 0.717) is 18.5 Å². The van der Waals surface area contributed by atoms with Gasteiger partial charge >= 0.3 is 0 Å². The van der Waals surface area contributed by atoms with E-state index in [1.54, 1.807) is 6.33 Å². The summed E-state index contributed by atoms with van der Waals surface area (Å²) in [6.45, 7) is 5.00. The summed E-state index contributed by atoms with van der Waals surface area (Å²) in [7, 11) is 0. The molecule has 0 fully saturated rings. The molecule has 0 aliphatic heterocycles. The average molecular weight is 220 g/mol. The van der Waals surface area contributed by atoms with Crippen molar-refractivity contribution in [2.75, 3.05) is 11.9 Å². The molecule has 2 unspecified atom stereocenters. The zero-order valence-electron chi connectivity index (χ0n) is 10.0. The quantitative estimate of drug-likeness (QED) is 0.804. The Morgan fingerprint density at radius 3 is 2.94 bits per heavy atom. The molecule has 0 bridgehead atoms. The van der Waals surface area contributed by atoms with Gasteiger partial charge in [0.1, 0.15) is 12.1 Å². The van der Waals surface area contributed by atoms with Crippen molar-refractivity contribution in [2.24, 2.45) is 11.7 Å². The van der Waals surface area contributed by atoms with Crippen LogP contribution >= 0.6 is 0 Å². The first-order chi connectivity index (χ1) is 7.72. The normalized spacial score (nSPS) is 17.9. The number of hydrogen-bond donors (Lipinski definition) is 2. The van der Waals surface area contributed by atoms with Gasteiger partial charge in [-0.2, -0.15) is 0 Å². The van der Waals surface area contributed by atoms with Crippen LogP contribution in [0, 0.1) is 5.92 Å². The Morgan fingerprint density at radius 1 is 1.38 bits per heavy atom. The van der Waals surface area contributed by atoms with Crippen LogP contribution in [-0.4, -0.2) is 22.6 Å². The summed E-state index contributed by atoms with van der Waals surface area (Å²) in [6.07, 6.45) is 5.05. The second-order valence-electron chi connectivity index (χ2n) is 4.65. The lowest BCUT2D eigenvalue weighted by atomic mass is 10.0. The fraction of sp³-hybridized carbons (Fsp3) is 0.667. The highest BCUT2D eigenvalue weighted by Gasteiger charge is 2.19. The van der Waals surface area contributed by atoms with Crippen molar-refractivity contribution >= 4 is 5.82 Å². The molecule has 2 rings (SSSR count). The van der Waals surface area contributed by atoms with Gasteiger partial charge < -0.3 is 11.1 Å². The summed E-state index contributed by atoms with van der Waals surface area (Å²) in [4.78, 5) is 8.66. The molecule has 0 saturated carbocycles. The van der Waals surface area contributed by atoms with Crippen LogP contribution in [0.2, 0.25) is 0 Å². The van der Waals surface area contributed by atoms with Crippen molar-refractivity contribution in [2.45, 2.75) is 39.2 Å². The van der Waals surface area contributed by atoms with Crippen molar-refractivity contribution in [1.82, 2.24) is 9.97 Å². The van der Waals surface area contributed by atoms with Gasteiger partial charge in [0.15, 0.2) is 0 Å². The number of hydrogen-bond acceptors (Lipinski definition) is 4. The van der Waals surface area contributed by atoms with Crippen LogP contribution in [0.1, 0.15) is 31.5 Å². The first-order valence-electron chi connectivity index (χ1n) is 6.01. The summed E-state index contributed by atoms with van der Waals surface area (Å²) in [6, 6.07) is 0.351. The summed E-state index contributed by atoms with van der Waals surface area (Å²) >= 11 is 0. The minimum Gasteiger partial charge on any atom is -0.367 e. The zero-order valence-corrected chi connectivity index (χ0v) is 10.0. The molecule has 16 heavy (non-hydrogen) atoms. The molecule has 1 heterocycles. The SMILES string of the molecule is CC(CN)C(C)Nc1ncnc2c1CCC2. The van der Waals surface area contributed by atoms with Crippen LogP contribution in [0.3, 0.4) is 0 Å². The van der Waals surface area contributed by atoms with Gasteiger partial charge in [0.25, 0.3) is 0 Å². The Labute approximate surface area is 96.7 Å². The fourth-order valence-corrected chi connectivity index (χ4v) is 2.05. The number of nitrogens with zero attached hydrogens (tertiary/aromatic N) is 2. The predicted molar refractivity (Wildman–Crippen MR) is 65.4 cm³/mol. The summed E-state index contributed by atoms with van der Waals surface area (Å²) in [5.41, 5.74) is 8.18. The molecule has 1 aliphatic rings. The summed E-state index contributed by atoms with van der Waals surface area (Å²) in [5, 5.41) is 3.46. The van der Waals surface area contributed by atoms with Crippen molar-refractivity contribution < 1.29 is 0 Å². The summed E-state index contributed by atoms with van der Waals surface area (Å²) < 4.78 is 0. The van der Waals surface area contributed by atoms with Crippen molar-refractivity contribution in [3.05, 3.63) is 17.6 Å². The maximum Gasteiger partial charge on any atom is 0.133 e. The minimum atomic E-state index is 0.351. The predicted octanol–water partition coefficient (Wildman–Crippen LogP) is 1.36. The first kappa shape index (κ1) is 11.3. The Balaban J connectivity index is 2.13. The third kappa shape index (κ3) is 2.16. The smallest absolute Gasteiger partial charge is 0.133 e. The topological polar surface area (TPSA) is 63.8 Å². The van der Waals surface area contributed by atoms with Crippen LogP contribution in [-0.2, 0) is 12.8 Å². The zero-order chi connectivity index (χ0) is 11.5. The second kappa shape index (κ2) is 4.78. The van der Waals surface area contributed by atoms with Crippen LogP contribution in [0.15, 0.2) is 6.33 Å². The highest BCUT2D eigenvalue weighted by atomic mass is 15.0. The molecule has 3 N–H and O–H groups in total. The van der Waals surface area contributed by atoms with E-state index < -0.39 is 0 Å². The number of fused-ring (bicyclic) bond motifs is 1. The van der Waals surface area contributed by atoms with Gasteiger partial charge in [-0.25, -0.2) is 9.97 Å². The number of aromatic nitrogens is 2.